The van der Waals surface area contributed by atoms with Gasteiger partial charge in [-0.25, -0.2) is 0 Å². The van der Waals surface area contributed by atoms with Gasteiger partial charge in [0.05, 0.1) is 19.0 Å². The van der Waals surface area contributed by atoms with Crippen LogP contribution in [0.5, 0.6) is 0 Å². The summed E-state index contributed by atoms with van der Waals surface area (Å²) in [6.07, 6.45) is 1.90. The van der Waals surface area contributed by atoms with Crippen molar-refractivity contribution >= 4 is 23.3 Å². The smallest absolute Gasteiger partial charge is 0.230 e. The molecule has 130 valence electrons. The van der Waals surface area contributed by atoms with E-state index in [4.69, 9.17) is 4.74 Å². The van der Waals surface area contributed by atoms with E-state index in [0.29, 0.717) is 12.3 Å². The van der Waals surface area contributed by atoms with Crippen LogP contribution < -0.4 is 5.32 Å². The molecule has 0 spiro atoms. The van der Waals surface area contributed by atoms with Crippen molar-refractivity contribution in [3.8, 4) is 0 Å². The molecule has 0 aromatic carbocycles. The normalized spacial score (nSPS) is 16.4. The number of nitrogens with zero attached hydrogens (tertiary/aromatic N) is 4. The summed E-state index contributed by atoms with van der Waals surface area (Å²) >= 11 is 1.39. The lowest BCUT2D eigenvalue weighted by molar-refractivity contribution is -0.119. The molecule has 0 atom stereocenters. The Morgan fingerprint density at radius 1 is 1.33 bits per heavy atom. The van der Waals surface area contributed by atoms with Gasteiger partial charge in [0.25, 0.3) is 0 Å². The molecule has 0 radical (unpaired) electrons. The SMILES string of the molecule is CC(C)(CNC(=O)CSc1nnc2ccccn12)N1CCOCC1. The van der Waals surface area contributed by atoms with Crippen molar-refractivity contribution < 1.29 is 9.53 Å². The van der Waals surface area contributed by atoms with Gasteiger partial charge in [-0.2, -0.15) is 0 Å². The molecule has 1 aliphatic heterocycles. The number of ether oxygens (including phenoxy) is 1. The van der Waals surface area contributed by atoms with Gasteiger partial charge >= 0.3 is 0 Å². The number of thioether (sulfide) groups is 1. The largest absolute Gasteiger partial charge is 0.379 e. The Bertz CT molecular complexity index is 697. The highest BCUT2D eigenvalue weighted by Gasteiger charge is 2.28. The summed E-state index contributed by atoms with van der Waals surface area (Å²) in [5.74, 6) is 0.337. The van der Waals surface area contributed by atoms with Gasteiger partial charge in [0, 0.05) is 31.4 Å². The third-order valence-electron chi connectivity index (χ3n) is 4.20. The van der Waals surface area contributed by atoms with E-state index in [2.05, 4.69) is 34.3 Å². The molecule has 0 saturated carbocycles. The highest BCUT2D eigenvalue weighted by atomic mass is 32.2. The molecule has 7 nitrogen and oxygen atoms in total. The van der Waals surface area contributed by atoms with E-state index < -0.39 is 0 Å². The predicted molar refractivity (Wildman–Crippen MR) is 93.2 cm³/mol. The average Bonchev–Trinajstić information content (AvgIpc) is 3.02. The molecule has 24 heavy (non-hydrogen) atoms. The first-order valence-corrected chi connectivity index (χ1v) is 9.07. The summed E-state index contributed by atoms with van der Waals surface area (Å²) in [6.45, 7) is 8.25. The second kappa shape index (κ2) is 7.50. The van der Waals surface area contributed by atoms with Crippen molar-refractivity contribution in [3.63, 3.8) is 0 Å². The zero-order valence-corrected chi connectivity index (χ0v) is 14.9. The lowest BCUT2D eigenvalue weighted by Crippen LogP contribution is -2.55. The number of hydrogen-bond donors (Lipinski definition) is 1. The Morgan fingerprint density at radius 2 is 2.12 bits per heavy atom. The van der Waals surface area contributed by atoms with Crippen LogP contribution in [-0.2, 0) is 9.53 Å². The van der Waals surface area contributed by atoms with E-state index in [9.17, 15) is 4.79 Å². The minimum Gasteiger partial charge on any atom is -0.379 e. The van der Waals surface area contributed by atoms with E-state index >= 15 is 0 Å². The Labute approximate surface area is 145 Å². The number of morpholine rings is 1. The summed E-state index contributed by atoms with van der Waals surface area (Å²) < 4.78 is 7.27. The molecule has 1 saturated heterocycles. The monoisotopic (exact) mass is 349 g/mol. The summed E-state index contributed by atoms with van der Waals surface area (Å²) in [5, 5.41) is 12.0. The molecule has 1 fully saturated rings. The van der Waals surface area contributed by atoms with Crippen molar-refractivity contribution in [1.82, 2.24) is 24.8 Å². The number of pyridine rings is 1. The number of carbonyl (C=O) groups is 1. The lowest BCUT2D eigenvalue weighted by atomic mass is 10.0. The summed E-state index contributed by atoms with van der Waals surface area (Å²) in [5.41, 5.74) is 0.708. The first kappa shape index (κ1) is 17.2. The van der Waals surface area contributed by atoms with Gasteiger partial charge in [-0.05, 0) is 26.0 Å². The van der Waals surface area contributed by atoms with Gasteiger partial charge in [0.15, 0.2) is 10.8 Å². The van der Waals surface area contributed by atoms with Crippen molar-refractivity contribution in [2.45, 2.75) is 24.5 Å². The number of aromatic nitrogens is 3. The van der Waals surface area contributed by atoms with Crippen LogP contribution in [0.1, 0.15) is 13.8 Å². The first-order chi connectivity index (χ1) is 11.6. The van der Waals surface area contributed by atoms with Crippen molar-refractivity contribution in [2.75, 3.05) is 38.6 Å². The fourth-order valence-corrected chi connectivity index (χ4v) is 3.45. The number of nitrogens with one attached hydrogen (secondary N) is 1. The average molecular weight is 349 g/mol. The number of fused-ring (bicyclic) bond motifs is 1. The molecule has 1 amide bonds. The third-order valence-corrected chi connectivity index (χ3v) is 5.14. The lowest BCUT2D eigenvalue weighted by Gasteiger charge is -2.40. The van der Waals surface area contributed by atoms with Gasteiger partial charge < -0.3 is 10.1 Å². The Balaban J connectivity index is 1.49. The van der Waals surface area contributed by atoms with E-state index in [1.165, 1.54) is 11.8 Å². The predicted octanol–water partition coefficient (Wildman–Crippen LogP) is 1.05. The van der Waals surface area contributed by atoms with Crippen LogP contribution in [0.15, 0.2) is 29.6 Å². The summed E-state index contributed by atoms with van der Waals surface area (Å²) in [6, 6.07) is 5.73. The number of rotatable bonds is 6. The molecule has 3 rings (SSSR count). The number of carbonyl (C=O) groups excluding carboxylic acids is 1. The third kappa shape index (κ3) is 4.06. The Morgan fingerprint density at radius 3 is 2.92 bits per heavy atom. The molecule has 0 unspecified atom stereocenters. The van der Waals surface area contributed by atoms with Gasteiger partial charge in [-0.15, -0.1) is 10.2 Å². The molecule has 0 bridgehead atoms. The standard InChI is InChI=1S/C16H23N5O2S/c1-16(2,20-7-9-23-10-8-20)12-17-14(22)11-24-15-19-18-13-5-3-4-6-21(13)15/h3-6H,7-12H2,1-2H3,(H,17,22). The van der Waals surface area contributed by atoms with E-state index in [0.717, 1.165) is 37.1 Å². The van der Waals surface area contributed by atoms with Crippen LogP contribution in [0.3, 0.4) is 0 Å². The summed E-state index contributed by atoms with van der Waals surface area (Å²) in [7, 11) is 0. The van der Waals surface area contributed by atoms with Gasteiger partial charge in [-0.1, -0.05) is 17.8 Å². The molecule has 1 N–H and O–H groups in total. The van der Waals surface area contributed by atoms with Gasteiger partial charge in [0.1, 0.15) is 0 Å². The molecule has 0 aliphatic carbocycles. The van der Waals surface area contributed by atoms with Gasteiger partial charge in [0.2, 0.25) is 5.91 Å². The molecule has 2 aromatic heterocycles. The van der Waals surface area contributed by atoms with Crippen LogP contribution >= 0.6 is 11.8 Å². The Hall–Kier alpha value is -1.64. The topological polar surface area (TPSA) is 71.8 Å². The quantitative estimate of drug-likeness (QED) is 0.786. The molecule has 3 heterocycles. The molecule has 2 aromatic rings. The van der Waals surface area contributed by atoms with Crippen LogP contribution in [-0.4, -0.2) is 69.5 Å². The highest BCUT2D eigenvalue weighted by Crippen LogP contribution is 2.17. The van der Waals surface area contributed by atoms with E-state index in [1.54, 1.807) is 0 Å². The molecule has 1 aliphatic rings. The number of hydrogen-bond acceptors (Lipinski definition) is 6. The second-order valence-electron chi connectivity index (χ2n) is 6.39. The van der Waals surface area contributed by atoms with Crippen LogP contribution in [0, 0.1) is 0 Å². The Kier molecular flexibility index (Phi) is 5.37. The zero-order chi connectivity index (χ0) is 17.0. The first-order valence-electron chi connectivity index (χ1n) is 8.08. The van der Waals surface area contributed by atoms with Crippen molar-refractivity contribution in [2.24, 2.45) is 0 Å². The molecule has 8 heteroatoms. The van der Waals surface area contributed by atoms with Crippen molar-refractivity contribution in [3.05, 3.63) is 24.4 Å². The minimum absolute atomic E-state index is 0.00835. The van der Waals surface area contributed by atoms with E-state index in [1.807, 2.05) is 28.8 Å². The summed E-state index contributed by atoms with van der Waals surface area (Å²) in [4.78, 5) is 14.5. The second-order valence-corrected chi connectivity index (χ2v) is 7.33. The fourth-order valence-electron chi connectivity index (χ4n) is 2.69. The number of amides is 1. The maximum Gasteiger partial charge on any atom is 0.230 e. The maximum absolute atomic E-state index is 12.2. The minimum atomic E-state index is -0.0777. The van der Waals surface area contributed by atoms with Crippen LogP contribution in [0.2, 0.25) is 0 Å². The maximum atomic E-state index is 12.2. The van der Waals surface area contributed by atoms with Crippen LogP contribution in [0.25, 0.3) is 5.65 Å². The zero-order valence-electron chi connectivity index (χ0n) is 14.1. The van der Waals surface area contributed by atoms with Crippen molar-refractivity contribution in [1.29, 1.82) is 0 Å². The molecular formula is C16H23N5O2S. The van der Waals surface area contributed by atoms with Crippen LogP contribution in [0.4, 0.5) is 0 Å². The van der Waals surface area contributed by atoms with E-state index in [-0.39, 0.29) is 11.4 Å². The van der Waals surface area contributed by atoms with Gasteiger partial charge in [-0.3, -0.25) is 14.1 Å². The molecular weight excluding hydrogens is 326 g/mol. The fraction of sp³-hybridized carbons (Fsp3) is 0.562. The highest BCUT2D eigenvalue weighted by molar-refractivity contribution is 7.99.